The van der Waals surface area contributed by atoms with Gasteiger partial charge >= 0.3 is 5.97 Å². The van der Waals surface area contributed by atoms with E-state index in [1.54, 1.807) is 0 Å². The Morgan fingerprint density at radius 2 is 2.00 bits per heavy atom. The topological polar surface area (TPSA) is 144 Å². The van der Waals surface area contributed by atoms with E-state index in [2.05, 4.69) is 5.32 Å². The van der Waals surface area contributed by atoms with Gasteiger partial charge in [-0.15, -0.1) is 0 Å². The number of sulfone groups is 1. The van der Waals surface area contributed by atoms with Crippen LogP contribution in [0, 0.1) is 10.1 Å². The third-order valence-corrected chi connectivity index (χ3v) is 3.81. The summed E-state index contributed by atoms with van der Waals surface area (Å²) < 4.78 is 22.9. The second-order valence-corrected chi connectivity index (χ2v) is 6.45. The molecule has 0 spiro atoms. The van der Waals surface area contributed by atoms with Crippen LogP contribution in [0.3, 0.4) is 0 Å². The number of benzene rings is 1. The van der Waals surface area contributed by atoms with Crippen LogP contribution in [0.5, 0.6) is 0 Å². The summed E-state index contributed by atoms with van der Waals surface area (Å²) in [5, 5.41) is 21.8. The molecule has 9 nitrogen and oxygen atoms in total. The van der Waals surface area contributed by atoms with Crippen molar-refractivity contribution in [2.45, 2.75) is 17.7 Å². The first-order chi connectivity index (χ1) is 10.1. The van der Waals surface area contributed by atoms with Crippen molar-refractivity contribution in [3.8, 4) is 0 Å². The molecular weight excluding hydrogens is 316 g/mol. The molecule has 0 unspecified atom stereocenters. The van der Waals surface area contributed by atoms with Gasteiger partial charge in [0.2, 0.25) is 0 Å². The molecule has 0 radical (unpaired) electrons. The van der Waals surface area contributed by atoms with Crippen molar-refractivity contribution in [2.75, 3.05) is 12.8 Å². The Labute approximate surface area is 126 Å². The molecule has 2 N–H and O–H groups in total. The molecular formula is C12H14N2O7S. The number of carboxylic acids is 1. The van der Waals surface area contributed by atoms with Crippen molar-refractivity contribution >= 4 is 27.4 Å². The molecule has 0 saturated heterocycles. The lowest BCUT2D eigenvalue weighted by molar-refractivity contribution is -0.387. The number of amides is 1. The minimum absolute atomic E-state index is 0.0746. The van der Waals surface area contributed by atoms with E-state index in [9.17, 15) is 28.1 Å². The molecule has 0 heterocycles. The van der Waals surface area contributed by atoms with E-state index in [0.29, 0.717) is 0 Å². The van der Waals surface area contributed by atoms with Crippen molar-refractivity contribution in [1.29, 1.82) is 0 Å². The highest BCUT2D eigenvalue weighted by atomic mass is 32.2. The number of nitrogens with one attached hydrogen (secondary N) is 1. The number of aliphatic carboxylic acids is 1. The van der Waals surface area contributed by atoms with Crippen molar-refractivity contribution in [1.82, 2.24) is 5.32 Å². The van der Waals surface area contributed by atoms with Gasteiger partial charge in [-0.3, -0.25) is 19.7 Å². The number of nitrogens with zero attached hydrogens (tertiary/aromatic N) is 1. The maximum atomic E-state index is 11.8. The molecule has 22 heavy (non-hydrogen) atoms. The van der Waals surface area contributed by atoms with Crippen molar-refractivity contribution in [2.24, 2.45) is 0 Å². The van der Waals surface area contributed by atoms with Crippen molar-refractivity contribution < 1.29 is 28.0 Å². The third-order valence-electron chi connectivity index (χ3n) is 2.67. The standard InChI is InChI=1S/C12H14N2O7S/c1-22(20,21)10-5-4-8(7-9(10)14(18)19)12(17)13-6-2-3-11(15)16/h4-5,7H,2-3,6H2,1H3,(H,13,17)(H,15,16). The van der Waals surface area contributed by atoms with Gasteiger partial charge in [0.05, 0.1) is 4.92 Å². The summed E-state index contributed by atoms with van der Waals surface area (Å²) in [7, 11) is -3.79. The van der Waals surface area contributed by atoms with Gasteiger partial charge in [-0.05, 0) is 18.6 Å². The summed E-state index contributed by atoms with van der Waals surface area (Å²) in [5.41, 5.74) is -0.755. The van der Waals surface area contributed by atoms with Crippen LogP contribution in [0.25, 0.3) is 0 Å². The number of nitro benzene ring substituents is 1. The van der Waals surface area contributed by atoms with E-state index in [4.69, 9.17) is 5.11 Å². The lowest BCUT2D eigenvalue weighted by atomic mass is 10.2. The van der Waals surface area contributed by atoms with Crippen LogP contribution in [0.4, 0.5) is 5.69 Å². The normalized spacial score (nSPS) is 11.0. The summed E-state index contributed by atoms with van der Waals surface area (Å²) in [4.78, 5) is 31.7. The number of hydrogen-bond donors (Lipinski definition) is 2. The second kappa shape index (κ2) is 6.98. The molecule has 1 aromatic rings. The minimum atomic E-state index is -3.79. The van der Waals surface area contributed by atoms with Crippen LogP contribution in [0.1, 0.15) is 23.2 Å². The fourth-order valence-electron chi connectivity index (χ4n) is 1.66. The molecule has 0 aliphatic carbocycles. The molecule has 1 aromatic carbocycles. The average molecular weight is 330 g/mol. The fourth-order valence-corrected chi connectivity index (χ4v) is 2.49. The first-order valence-electron chi connectivity index (χ1n) is 6.11. The molecule has 0 aliphatic rings. The summed E-state index contributed by atoms with van der Waals surface area (Å²) in [6.07, 6.45) is 0.930. The molecule has 1 amide bonds. The third kappa shape index (κ3) is 4.81. The number of nitro groups is 1. The zero-order valence-corrected chi connectivity index (χ0v) is 12.4. The van der Waals surface area contributed by atoms with E-state index in [-0.39, 0.29) is 24.9 Å². The number of rotatable bonds is 7. The van der Waals surface area contributed by atoms with Gasteiger partial charge in [-0.1, -0.05) is 0 Å². The molecule has 0 bridgehead atoms. The molecule has 0 saturated carbocycles. The highest BCUT2D eigenvalue weighted by Gasteiger charge is 2.23. The van der Waals surface area contributed by atoms with E-state index < -0.39 is 37.2 Å². The summed E-state index contributed by atoms with van der Waals surface area (Å²) >= 11 is 0. The maximum absolute atomic E-state index is 11.8. The van der Waals surface area contributed by atoms with Crippen molar-refractivity contribution in [3.05, 3.63) is 33.9 Å². The Morgan fingerprint density at radius 3 is 2.50 bits per heavy atom. The van der Waals surface area contributed by atoms with Gasteiger partial charge in [0, 0.05) is 30.9 Å². The first kappa shape index (κ1) is 17.6. The Bertz CT molecular complexity index is 712. The summed E-state index contributed by atoms with van der Waals surface area (Å²) in [5.74, 6) is -1.64. The Kier molecular flexibility index (Phi) is 5.57. The largest absolute Gasteiger partial charge is 0.481 e. The van der Waals surface area contributed by atoms with Crippen molar-refractivity contribution in [3.63, 3.8) is 0 Å². The minimum Gasteiger partial charge on any atom is -0.481 e. The average Bonchev–Trinajstić information content (AvgIpc) is 2.41. The predicted octanol–water partition coefficient (Wildman–Crippen LogP) is 0.593. The van der Waals surface area contributed by atoms with Crippen LogP contribution in [-0.2, 0) is 14.6 Å². The lowest BCUT2D eigenvalue weighted by Gasteiger charge is -2.06. The molecule has 0 fully saturated rings. The summed E-state index contributed by atoms with van der Waals surface area (Å²) in [6.45, 7) is 0.0900. The van der Waals surface area contributed by atoms with E-state index in [1.807, 2.05) is 0 Å². The second-order valence-electron chi connectivity index (χ2n) is 4.46. The zero-order valence-electron chi connectivity index (χ0n) is 11.6. The van der Waals surface area contributed by atoms with Crippen LogP contribution in [-0.4, -0.2) is 43.1 Å². The first-order valence-corrected chi connectivity index (χ1v) is 8.00. The van der Waals surface area contributed by atoms with Gasteiger partial charge in [0.15, 0.2) is 9.84 Å². The van der Waals surface area contributed by atoms with Gasteiger partial charge in [-0.25, -0.2) is 8.42 Å². The SMILES string of the molecule is CS(=O)(=O)c1ccc(C(=O)NCCCC(=O)O)cc1[N+](=O)[O-]. The Hall–Kier alpha value is -2.49. The number of carboxylic acid groups (broad SMARTS) is 1. The zero-order chi connectivity index (χ0) is 16.9. The highest BCUT2D eigenvalue weighted by Crippen LogP contribution is 2.24. The van der Waals surface area contributed by atoms with Crippen LogP contribution < -0.4 is 5.32 Å². The molecule has 0 atom stereocenters. The van der Waals surface area contributed by atoms with E-state index >= 15 is 0 Å². The van der Waals surface area contributed by atoms with Gasteiger partial charge in [0.25, 0.3) is 11.6 Å². The molecule has 120 valence electrons. The summed E-state index contributed by atoms with van der Waals surface area (Å²) in [6, 6.07) is 3.04. The number of carbonyl (C=O) groups excluding carboxylic acids is 1. The quantitative estimate of drug-likeness (QED) is 0.423. The van der Waals surface area contributed by atoms with E-state index in [1.165, 1.54) is 0 Å². The molecule has 10 heteroatoms. The molecule has 0 aromatic heterocycles. The fraction of sp³-hybridized carbons (Fsp3) is 0.333. The van der Waals surface area contributed by atoms with Crippen LogP contribution in [0.2, 0.25) is 0 Å². The smallest absolute Gasteiger partial charge is 0.303 e. The van der Waals surface area contributed by atoms with Crippen LogP contribution in [0.15, 0.2) is 23.1 Å². The predicted molar refractivity (Wildman–Crippen MR) is 75.4 cm³/mol. The van der Waals surface area contributed by atoms with E-state index in [0.717, 1.165) is 24.5 Å². The van der Waals surface area contributed by atoms with Gasteiger partial charge in [-0.2, -0.15) is 0 Å². The number of hydrogen-bond acceptors (Lipinski definition) is 6. The number of carbonyl (C=O) groups is 2. The lowest BCUT2D eigenvalue weighted by Crippen LogP contribution is -2.25. The maximum Gasteiger partial charge on any atom is 0.303 e. The molecule has 0 aliphatic heterocycles. The monoisotopic (exact) mass is 330 g/mol. The molecule has 1 rings (SSSR count). The Morgan fingerprint density at radius 1 is 1.36 bits per heavy atom. The van der Waals surface area contributed by atoms with Crippen LogP contribution >= 0.6 is 0 Å². The Balaban J connectivity index is 2.93. The van der Waals surface area contributed by atoms with Gasteiger partial charge < -0.3 is 10.4 Å². The highest BCUT2D eigenvalue weighted by molar-refractivity contribution is 7.90. The van der Waals surface area contributed by atoms with Gasteiger partial charge in [0.1, 0.15) is 4.90 Å².